The molecule has 78 valence electrons. The Balaban J connectivity index is 2.02. The summed E-state index contributed by atoms with van der Waals surface area (Å²) in [6.45, 7) is 2.59. The molecule has 0 aliphatic rings. The first-order chi connectivity index (χ1) is 7.25. The maximum absolute atomic E-state index is 4.26. The third-order valence-electron chi connectivity index (χ3n) is 2.09. The van der Waals surface area contributed by atoms with Crippen LogP contribution < -0.4 is 5.32 Å². The highest BCUT2D eigenvalue weighted by atomic mass is 15.3. The van der Waals surface area contributed by atoms with Crippen molar-refractivity contribution < 1.29 is 0 Å². The zero-order chi connectivity index (χ0) is 10.7. The maximum atomic E-state index is 4.26. The molecular weight excluding hydrogens is 190 g/mol. The van der Waals surface area contributed by atoms with Gasteiger partial charge >= 0.3 is 0 Å². The lowest BCUT2D eigenvalue weighted by molar-refractivity contribution is 0.746. The number of aromatic nitrogens is 4. The number of hydrogen-bond donors (Lipinski definition) is 1. The molecule has 0 spiro atoms. The summed E-state index contributed by atoms with van der Waals surface area (Å²) in [6, 6.07) is 1.97. The van der Waals surface area contributed by atoms with E-state index in [4.69, 9.17) is 0 Å². The topological polar surface area (TPSA) is 55.6 Å². The molecule has 0 fully saturated rings. The number of anilines is 1. The molecule has 0 saturated heterocycles. The van der Waals surface area contributed by atoms with Crippen LogP contribution >= 0.6 is 0 Å². The van der Waals surface area contributed by atoms with Gasteiger partial charge in [-0.25, -0.2) is 4.98 Å². The minimum atomic E-state index is 0.667. The van der Waals surface area contributed by atoms with Crippen LogP contribution in [0.3, 0.4) is 0 Å². The molecular formula is C10H13N5. The standard InChI is InChI=1S/C10H13N5/c1-8-10(12-5-4-11-8)13-7-9-3-6-15(2)14-9/h3-6H,7H2,1-2H3,(H,12,13). The van der Waals surface area contributed by atoms with E-state index in [2.05, 4.69) is 20.4 Å². The van der Waals surface area contributed by atoms with Crippen LogP contribution in [-0.4, -0.2) is 19.7 Å². The van der Waals surface area contributed by atoms with E-state index in [1.807, 2.05) is 26.2 Å². The fraction of sp³-hybridized carbons (Fsp3) is 0.300. The number of aryl methyl sites for hydroxylation is 2. The van der Waals surface area contributed by atoms with E-state index in [9.17, 15) is 0 Å². The Morgan fingerprint density at radius 2 is 2.13 bits per heavy atom. The Morgan fingerprint density at radius 1 is 1.33 bits per heavy atom. The van der Waals surface area contributed by atoms with Crippen LogP contribution in [0.2, 0.25) is 0 Å². The predicted octanol–water partition coefficient (Wildman–Crippen LogP) is 1.13. The molecule has 0 unspecified atom stereocenters. The van der Waals surface area contributed by atoms with E-state index in [0.29, 0.717) is 6.54 Å². The molecule has 5 heteroatoms. The normalized spacial score (nSPS) is 10.3. The van der Waals surface area contributed by atoms with Gasteiger partial charge in [0.25, 0.3) is 0 Å². The zero-order valence-corrected chi connectivity index (χ0v) is 8.81. The van der Waals surface area contributed by atoms with E-state index in [-0.39, 0.29) is 0 Å². The van der Waals surface area contributed by atoms with E-state index in [0.717, 1.165) is 17.2 Å². The maximum Gasteiger partial charge on any atom is 0.147 e. The monoisotopic (exact) mass is 203 g/mol. The molecule has 15 heavy (non-hydrogen) atoms. The third-order valence-corrected chi connectivity index (χ3v) is 2.09. The second kappa shape index (κ2) is 4.08. The van der Waals surface area contributed by atoms with E-state index < -0.39 is 0 Å². The summed E-state index contributed by atoms with van der Waals surface area (Å²) in [6.07, 6.45) is 5.27. The molecule has 1 N–H and O–H groups in total. The van der Waals surface area contributed by atoms with Gasteiger partial charge in [-0.2, -0.15) is 5.10 Å². The fourth-order valence-electron chi connectivity index (χ4n) is 1.31. The summed E-state index contributed by atoms with van der Waals surface area (Å²) in [5.41, 5.74) is 1.89. The Bertz CT molecular complexity index is 449. The Hall–Kier alpha value is -1.91. The van der Waals surface area contributed by atoms with Crippen LogP contribution in [0.5, 0.6) is 0 Å². The molecule has 0 aliphatic heterocycles. The summed E-state index contributed by atoms with van der Waals surface area (Å²) in [7, 11) is 1.90. The van der Waals surface area contributed by atoms with Gasteiger partial charge in [-0.05, 0) is 13.0 Å². The second-order valence-electron chi connectivity index (χ2n) is 3.32. The molecule has 5 nitrogen and oxygen atoms in total. The van der Waals surface area contributed by atoms with E-state index in [1.54, 1.807) is 17.1 Å². The van der Waals surface area contributed by atoms with E-state index >= 15 is 0 Å². The summed E-state index contributed by atoms with van der Waals surface area (Å²) in [4.78, 5) is 8.34. The van der Waals surface area contributed by atoms with Gasteiger partial charge in [0, 0.05) is 25.6 Å². The van der Waals surface area contributed by atoms with Crippen molar-refractivity contribution in [1.82, 2.24) is 19.7 Å². The molecule has 0 saturated carbocycles. The molecule has 0 aromatic carbocycles. The second-order valence-corrected chi connectivity index (χ2v) is 3.32. The van der Waals surface area contributed by atoms with Crippen molar-refractivity contribution in [3.8, 4) is 0 Å². The van der Waals surface area contributed by atoms with Crippen molar-refractivity contribution in [2.24, 2.45) is 7.05 Å². The minimum Gasteiger partial charge on any atom is -0.363 e. The first kappa shape index (κ1) is 9.64. The third kappa shape index (κ3) is 2.31. The van der Waals surface area contributed by atoms with Crippen LogP contribution in [0.25, 0.3) is 0 Å². The van der Waals surface area contributed by atoms with Crippen molar-refractivity contribution in [1.29, 1.82) is 0 Å². The minimum absolute atomic E-state index is 0.667. The van der Waals surface area contributed by atoms with Crippen molar-refractivity contribution in [3.05, 3.63) is 36.0 Å². The number of hydrogen-bond acceptors (Lipinski definition) is 4. The van der Waals surface area contributed by atoms with Gasteiger partial charge < -0.3 is 5.32 Å². The first-order valence-corrected chi connectivity index (χ1v) is 4.76. The smallest absolute Gasteiger partial charge is 0.147 e. The summed E-state index contributed by atoms with van der Waals surface area (Å²) in [5, 5.41) is 7.45. The quantitative estimate of drug-likeness (QED) is 0.812. The molecule has 2 rings (SSSR count). The highest BCUT2D eigenvalue weighted by molar-refractivity contribution is 5.38. The lowest BCUT2D eigenvalue weighted by Gasteiger charge is -2.04. The van der Waals surface area contributed by atoms with Gasteiger partial charge in [-0.1, -0.05) is 0 Å². The van der Waals surface area contributed by atoms with Gasteiger partial charge in [0.1, 0.15) is 5.82 Å². The first-order valence-electron chi connectivity index (χ1n) is 4.76. The lowest BCUT2D eigenvalue weighted by atomic mass is 10.4. The SMILES string of the molecule is Cc1nccnc1NCc1ccn(C)n1. The van der Waals surface area contributed by atoms with Crippen LogP contribution in [0.4, 0.5) is 5.82 Å². The molecule has 2 heterocycles. The molecule has 0 aliphatic carbocycles. The Morgan fingerprint density at radius 3 is 2.80 bits per heavy atom. The predicted molar refractivity (Wildman–Crippen MR) is 57.3 cm³/mol. The van der Waals surface area contributed by atoms with Crippen molar-refractivity contribution >= 4 is 5.82 Å². The van der Waals surface area contributed by atoms with Crippen LogP contribution in [-0.2, 0) is 13.6 Å². The summed E-state index contributed by atoms with van der Waals surface area (Å²) < 4.78 is 1.78. The molecule has 0 bridgehead atoms. The molecule has 0 atom stereocenters. The van der Waals surface area contributed by atoms with Crippen LogP contribution in [0.15, 0.2) is 24.7 Å². The summed E-state index contributed by atoms with van der Waals surface area (Å²) in [5.74, 6) is 0.808. The zero-order valence-electron chi connectivity index (χ0n) is 8.81. The number of nitrogens with zero attached hydrogens (tertiary/aromatic N) is 4. The number of nitrogens with one attached hydrogen (secondary N) is 1. The van der Waals surface area contributed by atoms with Gasteiger partial charge in [-0.3, -0.25) is 9.67 Å². The van der Waals surface area contributed by atoms with Crippen molar-refractivity contribution in [3.63, 3.8) is 0 Å². The number of rotatable bonds is 3. The van der Waals surface area contributed by atoms with Crippen molar-refractivity contribution in [2.75, 3.05) is 5.32 Å². The van der Waals surface area contributed by atoms with E-state index in [1.165, 1.54) is 0 Å². The van der Waals surface area contributed by atoms with Crippen LogP contribution in [0.1, 0.15) is 11.4 Å². The Labute approximate surface area is 88.2 Å². The molecule has 0 radical (unpaired) electrons. The summed E-state index contributed by atoms with van der Waals surface area (Å²) >= 11 is 0. The van der Waals surface area contributed by atoms with Gasteiger partial charge in [0.2, 0.25) is 0 Å². The molecule has 2 aromatic heterocycles. The molecule has 0 amide bonds. The lowest BCUT2D eigenvalue weighted by Crippen LogP contribution is -2.04. The van der Waals surface area contributed by atoms with Crippen LogP contribution in [0, 0.1) is 6.92 Å². The highest BCUT2D eigenvalue weighted by Gasteiger charge is 2.00. The average molecular weight is 203 g/mol. The van der Waals surface area contributed by atoms with Gasteiger partial charge in [0.05, 0.1) is 17.9 Å². The Kier molecular flexibility index (Phi) is 2.62. The van der Waals surface area contributed by atoms with Crippen molar-refractivity contribution in [2.45, 2.75) is 13.5 Å². The highest BCUT2D eigenvalue weighted by Crippen LogP contribution is 2.07. The largest absolute Gasteiger partial charge is 0.363 e. The average Bonchev–Trinajstić information content (AvgIpc) is 2.63. The van der Waals surface area contributed by atoms with Gasteiger partial charge in [-0.15, -0.1) is 0 Å². The fourth-order valence-corrected chi connectivity index (χ4v) is 1.31. The molecule has 2 aromatic rings. The van der Waals surface area contributed by atoms with Gasteiger partial charge in [0.15, 0.2) is 0 Å².